The number of hydrogen-bond donors (Lipinski definition) is 2. The number of aromatic nitrogens is 4. The minimum Gasteiger partial charge on any atom is -0.365 e. The summed E-state index contributed by atoms with van der Waals surface area (Å²) < 4.78 is 0. The number of halogens is 1. The molecule has 0 bridgehead atoms. The number of rotatable bonds is 3. The molecule has 0 radical (unpaired) electrons. The van der Waals surface area contributed by atoms with Crippen LogP contribution in [-0.4, -0.2) is 32.0 Å². The molecule has 114 valence electrons. The predicted octanol–water partition coefficient (Wildman–Crippen LogP) is 3.25. The van der Waals surface area contributed by atoms with Crippen molar-refractivity contribution < 1.29 is 0 Å². The summed E-state index contributed by atoms with van der Waals surface area (Å²) in [6, 6.07) is 3.57. The standard InChI is InChI=1S/C9H13ClN2.C5H8N4/c1-9(2,3)12-8-6-7(10)4-5-11-8;1-2-7-5-8-3-6-4-9-5/h4-6H,1-3H3,(H,11,12);3-4H,2H2,1H3,(H,6,7,8,9). The van der Waals surface area contributed by atoms with Crippen molar-refractivity contribution >= 4 is 23.4 Å². The number of nitrogens with one attached hydrogen (secondary N) is 2. The third-order valence-electron chi connectivity index (χ3n) is 2.05. The van der Waals surface area contributed by atoms with Crippen LogP contribution in [0.25, 0.3) is 0 Å². The highest BCUT2D eigenvalue weighted by atomic mass is 35.5. The maximum Gasteiger partial charge on any atom is 0.225 e. The van der Waals surface area contributed by atoms with E-state index in [2.05, 4.69) is 51.3 Å². The Bertz CT molecular complexity index is 526. The molecule has 0 aliphatic rings. The highest BCUT2D eigenvalue weighted by molar-refractivity contribution is 6.30. The van der Waals surface area contributed by atoms with E-state index in [0.717, 1.165) is 12.4 Å². The Balaban J connectivity index is 0.000000219. The van der Waals surface area contributed by atoms with Gasteiger partial charge in [0.05, 0.1) is 0 Å². The molecule has 0 atom stereocenters. The van der Waals surface area contributed by atoms with Gasteiger partial charge in [0.15, 0.2) is 0 Å². The average molecular weight is 309 g/mol. The SMILES string of the molecule is CC(C)(C)Nc1cc(Cl)ccn1.CCNc1ncncn1. The number of hydrogen-bond acceptors (Lipinski definition) is 6. The van der Waals surface area contributed by atoms with E-state index in [9.17, 15) is 0 Å². The van der Waals surface area contributed by atoms with E-state index in [0.29, 0.717) is 11.0 Å². The van der Waals surface area contributed by atoms with E-state index < -0.39 is 0 Å². The molecule has 0 unspecified atom stereocenters. The lowest BCUT2D eigenvalue weighted by Gasteiger charge is -2.21. The highest BCUT2D eigenvalue weighted by Gasteiger charge is 2.09. The van der Waals surface area contributed by atoms with E-state index in [1.54, 1.807) is 12.3 Å². The van der Waals surface area contributed by atoms with E-state index >= 15 is 0 Å². The topological polar surface area (TPSA) is 75.6 Å². The third-order valence-corrected chi connectivity index (χ3v) is 2.29. The molecule has 2 rings (SSSR count). The van der Waals surface area contributed by atoms with Crippen LogP contribution in [0.4, 0.5) is 11.8 Å². The van der Waals surface area contributed by atoms with Gasteiger partial charge in [-0.3, -0.25) is 0 Å². The molecule has 0 aromatic carbocycles. The Kier molecular flexibility index (Phi) is 6.81. The van der Waals surface area contributed by atoms with Crippen molar-refractivity contribution in [2.24, 2.45) is 0 Å². The monoisotopic (exact) mass is 308 g/mol. The second kappa shape index (κ2) is 8.36. The minimum absolute atomic E-state index is 0.0255. The van der Waals surface area contributed by atoms with Crippen molar-refractivity contribution in [1.82, 2.24) is 19.9 Å². The summed E-state index contributed by atoms with van der Waals surface area (Å²) >= 11 is 5.79. The summed E-state index contributed by atoms with van der Waals surface area (Å²) in [7, 11) is 0. The largest absolute Gasteiger partial charge is 0.365 e. The van der Waals surface area contributed by atoms with Gasteiger partial charge in [-0.05, 0) is 39.8 Å². The van der Waals surface area contributed by atoms with Crippen molar-refractivity contribution in [2.75, 3.05) is 17.2 Å². The molecule has 2 N–H and O–H groups in total. The van der Waals surface area contributed by atoms with Gasteiger partial charge in [-0.1, -0.05) is 11.6 Å². The third kappa shape index (κ3) is 8.04. The van der Waals surface area contributed by atoms with Gasteiger partial charge >= 0.3 is 0 Å². The molecule has 2 aromatic heterocycles. The molecule has 0 saturated carbocycles. The number of pyridine rings is 1. The van der Waals surface area contributed by atoms with Crippen LogP contribution in [0.2, 0.25) is 5.02 Å². The Morgan fingerprint density at radius 3 is 2.33 bits per heavy atom. The maximum absolute atomic E-state index is 5.79. The van der Waals surface area contributed by atoms with Gasteiger partial charge < -0.3 is 10.6 Å². The summed E-state index contributed by atoms with van der Waals surface area (Å²) in [6.07, 6.45) is 4.62. The van der Waals surface area contributed by atoms with Gasteiger partial charge in [0, 0.05) is 23.3 Å². The molecular weight excluding hydrogens is 288 g/mol. The lowest BCUT2D eigenvalue weighted by molar-refractivity contribution is 0.630. The van der Waals surface area contributed by atoms with Crippen LogP contribution in [0, 0.1) is 0 Å². The van der Waals surface area contributed by atoms with Gasteiger partial charge in [-0.15, -0.1) is 0 Å². The summed E-state index contributed by atoms with van der Waals surface area (Å²) in [5.74, 6) is 1.45. The second-order valence-corrected chi connectivity index (χ2v) is 5.66. The highest BCUT2D eigenvalue weighted by Crippen LogP contribution is 2.15. The van der Waals surface area contributed by atoms with Crippen molar-refractivity contribution in [3.8, 4) is 0 Å². The van der Waals surface area contributed by atoms with Crippen molar-refractivity contribution in [3.05, 3.63) is 36.0 Å². The molecule has 6 nitrogen and oxygen atoms in total. The van der Waals surface area contributed by atoms with Gasteiger partial charge in [-0.25, -0.2) is 19.9 Å². The van der Waals surface area contributed by atoms with Crippen LogP contribution in [-0.2, 0) is 0 Å². The molecule has 0 saturated heterocycles. The van der Waals surface area contributed by atoms with Crippen molar-refractivity contribution in [3.63, 3.8) is 0 Å². The lowest BCUT2D eigenvalue weighted by Crippen LogP contribution is -2.26. The Hall–Kier alpha value is -1.95. The zero-order chi connectivity index (χ0) is 15.7. The first-order chi connectivity index (χ1) is 9.90. The molecule has 0 aliphatic heterocycles. The zero-order valence-electron chi connectivity index (χ0n) is 12.8. The number of anilines is 2. The fourth-order valence-electron chi connectivity index (χ4n) is 1.35. The first kappa shape index (κ1) is 17.1. The molecule has 2 heterocycles. The summed E-state index contributed by atoms with van der Waals surface area (Å²) in [6.45, 7) is 9.06. The first-order valence-electron chi connectivity index (χ1n) is 6.66. The zero-order valence-corrected chi connectivity index (χ0v) is 13.5. The molecule has 2 aromatic rings. The van der Waals surface area contributed by atoms with Gasteiger partial charge in [0.25, 0.3) is 0 Å². The smallest absolute Gasteiger partial charge is 0.225 e. The molecule has 0 fully saturated rings. The molecular formula is C14H21ClN6. The van der Waals surface area contributed by atoms with Crippen LogP contribution in [0.3, 0.4) is 0 Å². The molecule has 0 aliphatic carbocycles. The van der Waals surface area contributed by atoms with Crippen LogP contribution in [0.1, 0.15) is 27.7 Å². The Morgan fingerprint density at radius 2 is 1.81 bits per heavy atom. The fraction of sp³-hybridized carbons (Fsp3) is 0.429. The van der Waals surface area contributed by atoms with Crippen LogP contribution < -0.4 is 10.6 Å². The minimum atomic E-state index is 0.0255. The van der Waals surface area contributed by atoms with Crippen LogP contribution >= 0.6 is 11.6 Å². The Labute approximate surface area is 130 Å². The lowest BCUT2D eigenvalue weighted by atomic mass is 10.1. The van der Waals surface area contributed by atoms with Gasteiger partial charge in [-0.2, -0.15) is 0 Å². The quantitative estimate of drug-likeness (QED) is 0.906. The summed E-state index contributed by atoms with van der Waals surface area (Å²) in [5, 5.41) is 6.88. The van der Waals surface area contributed by atoms with Crippen molar-refractivity contribution in [2.45, 2.75) is 33.2 Å². The maximum atomic E-state index is 5.79. The molecule has 21 heavy (non-hydrogen) atoms. The summed E-state index contributed by atoms with van der Waals surface area (Å²) in [5.41, 5.74) is 0.0255. The Morgan fingerprint density at radius 1 is 1.14 bits per heavy atom. The van der Waals surface area contributed by atoms with Gasteiger partial charge in [0.1, 0.15) is 18.5 Å². The molecule has 0 spiro atoms. The van der Waals surface area contributed by atoms with Crippen molar-refractivity contribution in [1.29, 1.82) is 0 Å². The van der Waals surface area contributed by atoms with Gasteiger partial charge in [0.2, 0.25) is 5.95 Å². The number of nitrogens with zero attached hydrogens (tertiary/aromatic N) is 4. The van der Waals surface area contributed by atoms with Crippen LogP contribution in [0.5, 0.6) is 0 Å². The van der Waals surface area contributed by atoms with E-state index in [1.807, 2.05) is 13.0 Å². The fourth-order valence-corrected chi connectivity index (χ4v) is 1.51. The molecule has 0 amide bonds. The first-order valence-corrected chi connectivity index (χ1v) is 7.04. The predicted molar refractivity (Wildman–Crippen MR) is 86.6 cm³/mol. The normalized spacial score (nSPS) is 10.3. The van der Waals surface area contributed by atoms with E-state index in [-0.39, 0.29) is 5.54 Å². The second-order valence-electron chi connectivity index (χ2n) is 5.23. The van der Waals surface area contributed by atoms with Crippen LogP contribution in [0.15, 0.2) is 31.0 Å². The molecule has 7 heteroatoms. The average Bonchev–Trinajstić information content (AvgIpc) is 2.39. The summed E-state index contributed by atoms with van der Waals surface area (Å²) in [4.78, 5) is 15.5. The van der Waals surface area contributed by atoms with E-state index in [4.69, 9.17) is 11.6 Å². The van der Waals surface area contributed by atoms with E-state index in [1.165, 1.54) is 12.7 Å².